The molecule has 0 N–H and O–H groups in total. The number of hydrogen-bond donors (Lipinski definition) is 0. The van der Waals surface area contributed by atoms with Crippen LogP contribution in [0.4, 0.5) is 4.39 Å². The van der Waals surface area contributed by atoms with Crippen molar-refractivity contribution >= 4 is 5.91 Å². The summed E-state index contributed by atoms with van der Waals surface area (Å²) < 4.78 is 14.7. The largest absolute Gasteiger partial charge is 0.336 e. The van der Waals surface area contributed by atoms with Gasteiger partial charge in [0.05, 0.1) is 12.5 Å². The number of imidazole rings is 1. The van der Waals surface area contributed by atoms with Gasteiger partial charge in [0.15, 0.2) is 0 Å². The summed E-state index contributed by atoms with van der Waals surface area (Å²) in [6, 6.07) is 9.64. The highest BCUT2D eigenvalue weighted by Crippen LogP contribution is 2.14. The maximum Gasteiger partial charge on any atom is 0.272 e. The SMILES string of the molecule is CN(Cc1ccncc1)C(=O)c1cncn1-c1ccc(F)cc1. The lowest BCUT2D eigenvalue weighted by Crippen LogP contribution is -2.28. The first-order valence-corrected chi connectivity index (χ1v) is 7.08. The van der Waals surface area contributed by atoms with Gasteiger partial charge in [0.25, 0.3) is 5.91 Å². The van der Waals surface area contributed by atoms with E-state index < -0.39 is 0 Å². The van der Waals surface area contributed by atoms with E-state index in [4.69, 9.17) is 0 Å². The van der Waals surface area contributed by atoms with Gasteiger partial charge in [-0.15, -0.1) is 0 Å². The second-order valence-electron chi connectivity index (χ2n) is 5.14. The van der Waals surface area contributed by atoms with Crippen LogP contribution in [0.2, 0.25) is 0 Å². The monoisotopic (exact) mass is 310 g/mol. The number of amides is 1. The standard InChI is InChI=1S/C17H15FN4O/c1-21(11-13-6-8-19-9-7-13)17(23)16-10-20-12-22(16)15-4-2-14(18)3-5-15/h2-10,12H,11H2,1H3. The third-order valence-corrected chi connectivity index (χ3v) is 3.48. The van der Waals surface area contributed by atoms with Gasteiger partial charge in [-0.1, -0.05) is 0 Å². The highest BCUT2D eigenvalue weighted by Gasteiger charge is 2.17. The Bertz CT molecular complexity index is 799. The lowest BCUT2D eigenvalue weighted by atomic mass is 10.2. The number of carbonyl (C=O) groups excluding carboxylic acids is 1. The molecule has 0 unspecified atom stereocenters. The third kappa shape index (κ3) is 3.26. The van der Waals surface area contributed by atoms with E-state index >= 15 is 0 Å². The number of carbonyl (C=O) groups is 1. The predicted octanol–water partition coefficient (Wildman–Crippen LogP) is 2.68. The molecular formula is C17H15FN4O. The van der Waals surface area contributed by atoms with Gasteiger partial charge >= 0.3 is 0 Å². The Morgan fingerprint density at radius 3 is 2.52 bits per heavy atom. The quantitative estimate of drug-likeness (QED) is 0.744. The number of rotatable bonds is 4. The average molecular weight is 310 g/mol. The summed E-state index contributed by atoms with van der Waals surface area (Å²) in [4.78, 5) is 22.3. The van der Waals surface area contributed by atoms with Gasteiger partial charge in [-0.2, -0.15) is 0 Å². The normalized spacial score (nSPS) is 10.5. The Morgan fingerprint density at radius 2 is 1.83 bits per heavy atom. The van der Waals surface area contributed by atoms with Crippen molar-refractivity contribution in [2.45, 2.75) is 6.54 Å². The van der Waals surface area contributed by atoms with E-state index in [0.717, 1.165) is 5.56 Å². The van der Waals surface area contributed by atoms with Crippen molar-refractivity contribution in [3.05, 3.63) is 78.4 Å². The second-order valence-corrected chi connectivity index (χ2v) is 5.14. The van der Waals surface area contributed by atoms with Gasteiger partial charge in [0.1, 0.15) is 11.5 Å². The molecule has 3 aromatic rings. The molecule has 0 saturated carbocycles. The minimum Gasteiger partial charge on any atom is -0.336 e. The summed E-state index contributed by atoms with van der Waals surface area (Å²) in [6.45, 7) is 0.468. The number of benzene rings is 1. The first-order chi connectivity index (χ1) is 11.1. The van der Waals surface area contributed by atoms with Crippen molar-refractivity contribution in [1.82, 2.24) is 19.4 Å². The summed E-state index contributed by atoms with van der Waals surface area (Å²) in [5.74, 6) is -0.486. The van der Waals surface area contributed by atoms with Gasteiger partial charge < -0.3 is 4.90 Å². The van der Waals surface area contributed by atoms with Crippen LogP contribution < -0.4 is 0 Å². The topological polar surface area (TPSA) is 51.0 Å². The summed E-state index contributed by atoms with van der Waals surface area (Å²) >= 11 is 0. The highest BCUT2D eigenvalue weighted by molar-refractivity contribution is 5.92. The van der Waals surface area contributed by atoms with E-state index in [1.165, 1.54) is 18.3 Å². The summed E-state index contributed by atoms with van der Waals surface area (Å²) in [5.41, 5.74) is 2.10. The van der Waals surface area contributed by atoms with Crippen molar-refractivity contribution in [3.8, 4) is 5.69 Å². The van der Waals surface area contributed by atoms with Crippen LogP contribution in [0.25, 0.3) is 5.69 Å². The minimum absolute atomic E-state index is 0.163. The zero-order valence-corrected chi connectivity index (χ0v) is 12.6. The fourth-order valence-electron chi connectivity index (χ4n) is 2.29. The Hall–Kier alpha value is -3.02. The van der Waals surface area contributed by atoms with E-state index in [-0.39, 0.29) is 11.7 Å². The van der Waals surface area contributed by atoms with E-state index in [1.807, 2.05) is 12.1 Å². The molecule has 0 bridgehead atoms. The maximum absolute atomic E-state index is 13.1. The number of pyridine rings is 1. The average Bonchev–Trinajstić information content (AvgIpc) is 3.05. The van der Waals surface area contributed by atoms with Crippen LogP contribution in [0.1, 0.15) is 16.1 Å². The minimum atomic E-state index is -0.323. The first kappa shape index (κ1) is 14.9. The van der Waals surface area contributed by atoms with E-state index in [0.29, 0.717) is 17.9 Å². The van der Waals surface area contributed by atoms with Crippen LogP contribution in [-0.2, 0) is 6.54 Å². The zero-order valence-electron chi connectivity index (χ0n) is 12.6. The van der Waals surface area contributed by atoms with E-state index in [2.05, 4.69) is 9.97 Å². The van der Waals surface area contributed by atoms with Crippen LogP contribution in [-0.4, -0.2) is 32.4 Å². The Balaban J connectivity index is 1.83. The molecule has 0 radical (unpaired) electrons. The molecule has 2 heterocycles. The second kappa shape index (κ2) is 6.39. The van der Waals surface area contributed by atoms with E-state index in [9.17, 15) is 9.18 Å². The third-order valence-electron chi connectivity index (χ3n) is 3.48. The number of aromatic nitrogens is 3. The lowest BCUT2D eigenvalue weighted by Gasteiger charge is -2.18. The zero-order chi connectivity index (χ0) is 16.2. The van der Waals surface area contributed by atoms with Gasteiger partial charge in [0.2, 0.25) is 0 Å². The maximum atomic E-state index is 13.1. The highest BCUT2D eigenvalue weighted by atomic mass is 19.1. The fraction of sp³-hybridized carbons (Fsp3) is 0.118. The Kier molecular flexibility index (Phi) is 4.14. The van der Waals surface area contributed by atoms with Crippen LogP contribution in [0.5, 0.6) is 0 Å². The van der Waals surface area contributed by atoms with Crippen molar-refractivity contribution < 1.29 is 9.18 Å². The molecule has 0 spiro atoms. The van der Waals surface area contributed by atoms with Gasteiger partial charge in [-0.05, 0) is 42.0 Å². The molecule has 1 aromatic carbocycles. The molecule has 3 rings (SSSR count). The molecule has 0 fully saturated rings. The summed E-state index contributed by atoms with van der Waals surface area (Å²) in [5, 5.41) is 0. The number of nitrogens with zero attached hydrogens (tertiary/aromatic N) is 4. The Labute approximate surface area is 133 Å². The van der Waals surface area contributed by atoms with Gasteiger partial charge in [-0.25, -0.2) is 9.37 Å². The molecule has 0 aliphatic heterocycles. The van der Waals surface area contributed by atoms with Gasteiger partial charge in [-0.3, -0.25) is 14.3 Å². The first-order valence-electron chi connectivity index (χ1n) is 7.08. The fourth-order valence-corrected chi connectivity index (χ4v) is 2.29. The predicted molar refractivity (Wildman–Crippen MR) is 83.6 cm³/mol. The molecule has 6 heteroatoms. The van der Waals surface area contributed by atoms with Crippen molar-refractivity contribution in [3.63, 3.8) is 0 Å². The van der Waals surface area contributed by atoms with Crippen LogP contribution in [0.15, 0.2) is 61.3 Å². The molecule has 1 amide bonds. The van der Waals surface area contributed by atoms with E-state index in [1.54, 1.807) is 47.4 Å². The smallest absolute Gasteiger partial charge is 0.272 e. The van der Waals surface area contributed by atoms with Crippen molar-refractivity contribution in [1.29, 1.82) is 0 Å². The molecule has 0 aliphatic rings. The molecule has 5 nitrogen and oxygen atoms in total. The van der Waals surface area contributed by atoms with Crippen molar-refractivity contribution in [2.24, 2.45) is 0 Å². The van der Waals surface area contributed by atoms with Gasteiger partial charge in [0, 0.05) is 31.7 Å². The lowest BCUT2D eigenvalue weighted by molar-refractivity contribution is 0.0777. The van der Waals surface area contributed by atoms with Crippen LogP contribution >= 0.6 is 0 Å². The molecule has 0 aliphatic carbocycles. The molecule has 0 atom stereocenters. The van der Waals surface area contributed by atoms with Crippen LogP contribution in [0, 0.1) is 5.82 Å². The summed E-state index contributed by atoms with van der Waals surface area (Å²) in [6.07, 6.45) is 6.43. The van der Waals surface area contributed by atoms with Crippen molar-refractivity contribution in [2.75, 3.05) is 7.05 Å². The molecule has 23 heavy (non-hydrogen) atoms. The summed E-state index contributed by atoms with van der Waals surface area (Å²) in [7, 11) is 1.73. The van der Waals surface area contributed by atoms with Crippen LogP contribution in [0.3, 0.4) is 0 Å². The molecule has 116 valence electrons. The molecule has 2 aromatic heterocycles. The molecule has 0 saturated heterocycles. The number of halogens is 1. The Morgan fingerprint density at radius 1 is 1.13 bits per heavy atom. The number of hydrogen-bond acceptors (Lipinski definition) is 3. The molecular weight excluding hydrogens is 295 g/mol.